The van der Waals surface area contributed by atoms with Crippen LogP contribution in [0.4, 0.5) is 34.1 Å². The van der Waals surface area contributed by atoms with Crippen LogP contribution in [0.3, 0.4) is 0 Å². The van der Waals surface area contributed by atoms with Crippen molar-refractivity contribution in [2.24, 2.45) is 5.92 Å². The summed E-state index contributed by atoms with van der Waals surface area (Å²) in [5, 5.41) is 1.70. The topological polar surface area (TPSA) is 6.48 Å². The first-order valence-corrected chi connectivity index (χ1v) is 18.8. The minimum atomic E-state index is -1.76. The summed E-state index contributed by atoms with van der Waals surface area (Å²) in [4.78, 5) is 4.90. The van der Waals surface area contributed by atoms with Gasteiger partial charge in [-0.2, -0.15) is 0 Å². The fourth-order valence-corrected chi connectivity index (χ4v) is 12.7. The predicted molar refractivity (Wildman–Crippen MR) is 191 cm³/mol. The van der Waals surface area contributed by atoms with Crippen molar-refractivity contribution >= 4 is 65.0 Å². The summed E-state index contributed by atoms with van der Waals surface area (Å²) in [6, 6.07) is 46.7. The van der Waals surface area contributed by atoms with Gasteiger partial charge in [-0.15, -0.1) is 0 Å². The fraction of sp³-hybridized carbons (Fsp3) is 0.100. The molecule has 0 fully saturated rings. The lowest BCUT2D eigenvalue weighted by Gasteiger charge is -2.39. The number of hydrogen-bond donors (Lipinski definition) is 0. The Morgan fingerprint density at radius 1 is 0.636 bits per heavy atom. The zero-order valence-corrected chi connectivity index (χ0v) is 26.1. The van der Waals surface area contributed by atoms with Crippen LogP contribution in [-0.4, -0.2) is 14.8 Å². The van der Waals surface area contributed by atoms with Crippen LogP contribution in [0.2, 0.25) is 18.6 Å². The van der Waals surface area contributed by atoms with E-state index in [1.54, 1.807) is 10.7 Å². The molecule has 210 valence electrons. The molecule has 2 atom stereocenters. The van der Waals surface area contributed by atoms with Gasteiger partial charge in [-0.1, -0.05) is 121 Å². The van der Waals surface area contributed by atoms with Crippen molar-refractivity contribution in [3.05, 3.63) is 163 Å². The first-order valence-electron chi connectivity index (χ1n) is 15.7. The summed E-state index contributed by atoms with van der Waals surface area (Å²) in [6.07, 6.45) is 9.58. The van der Waals surface area contributed by atoms with Crippen molar-refractivity contribution in [3.63, 3.8) is 0 Å². The van der Waals surface area contributed by atoms with Crippen LogP contribution in [0.15, 0.2) is 157 Å². The molecule has 3 heterocycles. The van der Waals surface area contributed by atoms with Crippen molar-refractivity contribution in [1.29, 1.82) is 0 Å². The Bertz CT molecular complexity index is 1970. The van der Waals surface area contributed by atoms with Gasteiger partial charge in [-0.05, 0) is 82.5 Å². The molecule has 5 aromatic carbocycles. The molecule has 2 nitrogen and oxygen atoms in total. The molecule has 0 saturated carbocycles. The molecule has 2 unspecified atom stereocenters. The molecular weight excluding hydrogens is 547 g/mol. The van der Waals surface area contributed by atoms with E-state index in [0.29, 0.717) is 11.5 Å². The van der Waals surface area contributed by atoms with E-state index in [0.717, 1.165) is 17.1 Å². The van der Waals surface area contributed by atoms with Crippen LogP contribution in [0.1, 0.15) is 5.56 Å². The van der Waals surface area contributed by atoms with Gasteiger partial charge in [0.15, 0.2) is 0 Å². The second-order valence-electron chi connectivity index (χ2n) is 13.0. The van der Waals surface area contributed by atoms with Crippen LogP contribution < -0.4 is 20.7 Å². The molecule has 0 aromatic heterocycles. The quantitative estimate of drug-likeness (QED) is 0.196. The molecule has 0 spiro atoms. The molecular formula is C40H33BN2Si. The molecule has 9 rings (SSSR count). The summed E-state index contributed by atoms with van der Waals surface area (Å²) in [5.41, 5.74) is 14.0. The predicted octanol–water partition coefficient (Wildman–Crippen LogP) is 9.23. The Kier molecular flexibility index (Phi) is 5.60. The van der Waals surface area contributed by atoms with E-state index in [1.165, 1.54) is 33.6 Å². The van der Waals surface area contributed by atoms with Crippen molar-refractivity contribution in [2.75, 3.05) is 9.80 Å². The maximum absolute atomic E-state index is 2.60. The monoisotopic (exact) mass is 580 g/mol. The normalized spacial score (nSPS) is 19.9. The highest BCUT2D eigenvalue weighted by Crippen LogP contribution is 2.58. The van der Waals surface area contributed by atoms with Gasteiger partial charge in [0.1, 0.15) is 0 Å². The highest BCUT2D eigenvalue weighted by molar-refractivity contribution is 7.07. The zero-order chi connectivity index (χ0) is 29.4. The summed E-state index contributed by atoms with van der Waals surface area (Å²) >= 11 is 0. The number of hydrogen-bond acceptors (Lipinski definition) is 2. The van der Waals surface area contributed by atoms with E-state index in [9.17, 15) is 0 Å². The van der Waals surface area contributed by atoms with E-state index in [4.69, 9.17) is 0 Å². The number of benzene rings is 5. The van der Waals surface area contributed by atoms with Gasteiger partial charge in [-0.25, -0.2) is 0 Å². The van der Waals surface area contributed by atoms with Gasteiger partial charge in [0, 0.05) is 34.1 Å². The summed E-state index contributed by atoms with van der Waals surface area (Å²) in [7, 11) is -1.76. The van der Waals surface area contributed by atoms with Crippen LogP contribution in [0.5, 0.6) is 0 Å². The molecule has 0 bridgehead atoms. The minimum Gasteiger partial charge on any atom is -0.311 e. The molecule has 0 N–H and O–H groups in total. The van der Waals surface area contributed by atoms with E-state index in [-0.39, 0.29) is 6.71 Å². The van der Waals surface area contributed by atoms with Crippen LogP contribution in [-0.2, 0) is 0 Å². The zero-order valence-electron chi connectivity index (χ0n) is 25.1. The minimum absolute atomic E-state index is 0.278. The van der Waals surface area contributed by atoms with Gasteiger partial charge in [-0.3, -0.25) is 0 Å². The maximum atomic E-state index is 2.60. The Morgan fingerprint density at radius 2 is 1.30 bits per heavy atom. The lowest BCUT2D eigenvalue weighted by atomic mass is 9.34. The number of fused-ring (bicyclic) bond motifs is 6. The second kappa shape index (κ2) is 9.60. The first-order chi connectivity index (χ1) is 21.6. The molecule has 0 saturated heterocycles. The summed E-state index contributed by atoms with van der Waals surface area (Å²) in [6.45, 7) is 5.48. The number of rotatable bonds is 4. The average molecular weight is 581 g/mol. The number of nitrogens with zero attached hydrogens (tertiary/aromatic N) is 2. The van der Waals surface area contributed by atoms with Crippen molar-refractivity contribution < 1.29 is 0 Å². The Morgan fingerprint density at radius 3 is 2.00 bits per heavy atom. The van der Waals surface area contributed by atoms with Gasteiger partial charge in [0.25, 0.3) is 0 Å². The average Bonchev–Trinajstić information content (AvgIpc) is 3.55. The van der Waals surface area contributed by atoms with E-state index >= 15 is 0 Å². The van der Waals surface area contributed by atoms with Gasteiger partial charge in [0.05, 0.1) is 8.07 Å². The van der Waals surface area contributed by atoms with E-state index in [2.05, 4.69) is 175 Å². The third kappa shape index (κ3) is 3.55. The van der Waals surface area contributed by atoms with Gasteiger partial charge < -0.3 is 9.80 Å². The van der Waals surface area contributed by atoms with Crippen molar-refractivity contribution in [1.82, 2.24) is 0 Å². The van der Waals surface area contributed by atoms with Crippen LogP contribution in [0, 0.1) is 5.92 Å². The fourth-order valence-electron chi connectivity index (χ4n) is 8.58. The molecule has 4 heteroatoms. The third-order valence-corrected chi connectivity index (χ3v) is 14.4. The third-order valence-electron chi connectivity index (χ3n) is 10.3. The molecule has 0 radical (unpaired) electrons. The van der Waals surface area contributed by atoms with E-state index in [1.807, 2.05) is 0 Å². The molecule has 0 amide bonds. The molecule has 4 aliphatic rings. The lowest BCUT2D eigenvalue weighted by molar-refractivity contribution is 0.800. The van der Waals surface area contributed by atoms with Crippen LogP contribution >= 0.6 is 0 Å². The molecule has 3 aliphatic heterocycles. The van der Waals surface area contributed by atoms with Crippen molar-refractivity contribution in [2.45, 2.75) is 18.6 Å². The van der Waals surface area contributed by atoms with Gasteiger partial charge in [0.2, 0.25) is 6.71 Å². The first kappa shape index (κ1) is 25.7. The summed E-state index contributed by atoms with van der Waals surface area (Å²) in [5.74, 6) is 0.475. The second-order valence-corrected chi connectivity index (χ2v) is 17.6. The Labute approximate surface area is 261 Å². The molecule has 44 heavy (non-hydrogen) atoms. The van der Waals surface area contributed by atoms with E-state index < -0.39 is 8.07 Å². The SMILES string of the molecule is C[Si]1(C)C2=C(B3c4ccc(N(c5ccccc5)c5ccccc5)cc4N(c4ccccc4)c4cccc2c43)C2C=CC=CC21. The highest BCUT2D eigenvalue weighted by atomic mass is 28.3. The number of anilines is 6. The Balaban J connectivity index is 1.31. The van der Waals surface area contributed by atoms with Gasteiger partial charge >= 0.3 is 0 Å². The van der Waals surface area contributed by atoms with Crippen molar-refractivity contribution in [3.8, 4) is 0 Å². The smallest absolute Gasteiger partial charge is 0.243 e. The number of para-hydroxylation sites is 3. The highest BCUT2D eigenvalue weighted by Gasteiger charge is 2.57. The molecule has 1 aliphatic carbocycles. The lowest BCUT2D eigenvalue weighted by Crippen LogP contribution is -2.51. The standard InChI is InChI=1S/C40H33BN2Si/c1-44(2)37-24-13-12-21-32(37)39-40(44)33-22-14-23-35-38(33)41(39)34-26-25-31(27-36(34)43(35)30-19-10-5-11-20-30)42(28-15-6-3-7-16-28)29-17-8-4-9-18-29/h3-27,32,37H,1-2H3. The Hall–Kier alpha value is -4.80. The van der Waals surface area contributed by atoms with Crippen LogP contribution in [0.25, 0.3) is 5.20 Å². The number of allylic oxidation sites excluding steroid dienone is 5. The largest absolute Gasteiger partial charge is 0.311 e. The molecule has 5 aromatic rings. The maximum Gasteiger partial charge on any atom is 0.243 e. The summed E-state index contributed by atoms with van der Waals surface area (Å²) < 4.78 is 0.